The van der Waals surface area contributed by atoms with Crippen molar-refractivity contribution in [3.8, 4) is 5.95 Å². The Kier molecular flexibility index (Phi) is 4.78. The van der Waals surface area contributed by atoms with Crippen LogP contribution in [0.3, 0.4) is 0 Å². The van der Waals surface area contributed by atoms with Crippen LogP contribution in [0.2, 0.25) is 0 Å². The summed E-state index contributed by atoms with van der Waals surface area (Å²) >= 11 is 0. The number of nitrogens with two attached hydrogens (primary N) is 1. The van der Waals surface area contributed by atoms with E-state index >= 15 is 0 Å². The average Bonchev–Trinajstić information content (AvgIpc) is 2.94. The summed E-state index contributed by atoms with van der Waals surface area (Å²) in [6.07, 6.45) is 4.52. The molecule has 0 bridgehead atoms. The maximum Gasteiger partial charge on any atom is 0.435 e. The van der Waals surface area contributed by atoms with Gasteiger partial charge in [0, 0.05) is 12.4 Å². The first-order valence-corrected chi connectivity index (χ1v) is 8.34. The number of nitrogen functional groups attached to an aromatic ring is 1. The third-order valence-electron chi connectivity index (χ3n) is 4.47. The Bertz CT molecular complexity index is 765. The summed E-state index contributed by atoms with van der Waals surface area (Å²) in [5, 5.41) is 3.68. The maximum atomic E-state index is 13.5. The zero-order chi connectivity index (χ0) is 18.0. The largest absolute Gasteiger partial charge is 0.435 e. The standard InChI is InChI=1S/C17H20F3N5/c1-2-4-11-5-7-12(8-6-11)13-14(17(18,19)20)24-25(15(13)21)16-22-9-3-10-23-16/h3,7,9-11H,2,4-6,8,21H2,1H3. The van der Waals surface area contributed by atoms with E-state index in [1.165, 1.54) is 12.4 Å². The topological polar surface area (TPSA) is 69.6 Å². The van der Waals surface area contributed by atoms with Crippen LogP contribution in [-0.4, -0.2) is 19.7 Å². The van der Waals surface area contributed by atoms with Gasteiger partial charge in [-0.15, -0.1) is 0 Å². The first kappa shape index (κ1) is 17.4. The van der Waals surface area contributed by atoms with Gasteiger partial charge in [-0.25, -0.2) is 9.97 Å². The van der Waals surface area contributed by atoms with Crippen LogP contribution in [0.4, 0.5) is 19.0 Å². The highest BCUT2D eigenvalue weighted by Gasteiger charge is 2.40. The molecule has 2 N–H and O–H groups in total. The van der Waals surface area contributed by atoms with E-state index in [1.807, 2.05) is 6.08 Å². The third kappa shape index (κ3) is 3.52. The van der Waals surface area contributed by atoms with Crippen LogP contribution in [0.25, 0.3) is 11.5 Å². The molecular formula is C17H20F3N5. The third-order valence-corrected chi connectivity index (χ3v) is 4.47. The number of nitrogens with zero attached hydrogens (tertiary/aromatic N) is 4. The fourth-order valence-electron chi connectivity index (χ4n) is 3.29. The number of halogens is 3. The molecule has 25 heavy (non-hydrogen) atoms. The Hall–Kier alpha value is -2.38. The van der Waals surface area contributed by atoms with Crippen LogP contribution in [0, 0.1) is 5.92 Å². The number of anilines is 1. The molecule has 2 aromatic heterocycles. The predicted octanol–water partition coefficient (Wildman–Crippen LogP) is 4.25. The summed E-state index contributed by atoms with van der Waals surface area (Å²) in [7, 11) is 0. The Morgan fingerprint density at radius 2 is 2.00 bits per heavy atom. The number of hydrogen-bond acceptors (Lipinski definition) is 4. The lowest BCUT2D eigenvalue weighted by Crippen LogP contribution is -2.11. The van der Waals surface area contributed by atoms with E-state index in [2.05, 4.69) is 22.0 Å². The smallest absolute Gasteiger partial charge is 0.383 e. The van der Waals surface area contributed by atoms with Gasteiger partial charge in [-0.1, -0.05) is 25.8 Å². The van der Waals surface area contributed by atoms with Crippen LogP contribution in [0.1, 0.15) is 50.3 Å². The first-order chi connectivity index (χ1) is 11.9. The van der Waals surface area contributed by atoms with Crippen molar-refractivity contribution in [1.29, 1.82) is 0 Å². The molecule has 5 nitrogen and oxygen atoms in total. The van der Waals surface area contributed by atoms with Gasteiger partial charge in [0.05, 0.1) is 5.56 Å². The van der Waals surface area contributed by atoms with Gasteiger partial charge in [0.2, 0.25) is 0 Å². The van der Waals surface area contributed by atoms with Gasteiger partial charge >= 0.3 is 6.18 Å². The number of allylic oxidation sites excluding steroid dienone is 2. The van der Waals surface area contributed by atoms with Crippen molar-refractivity contribution in [2.45, 2.75) is 45.2 Å². The van der Waals surface area contributed by atoms with Gasteiger partial charge < -0.3 is 5.73 Å². The molecule has 0 radical (unpaired) electrons. The van der Waals surface area contributed by atoms with Gasteiger partial charge in [0.15, 0.2) is 5.69 Å². The molecule has 3 rings (SSSR count). The van der Waals surface area contributed by atoms with Gasteiger partial charge in [-0.2, -0.15) is 23.0 Å². The van der Waals surface area contributed by atoms with E-state index in [4.69, 9.17) is 5.73 Å². The Morgan fingerprint density at radius 3 is 2.56 bits per heavy atom. The van der Waals surface area contributed by atoms with E-state index in [-0.39, 0.29) is 17.3 Å². The van der Waals surface area contributed by atoms with Crippen molar-refractivity contribution in [2.24, 2.45) is 5.92 Å². The molecular weight excluding hydrogens is 331 g/mol. The second-order valence-electron chi connectivity index (χ2n) is 6.23. The van der Waals surface area contributed by atoms with Crippen molar-refractivity contribution < 1.29 is 13.2 Å². The Balaban J connectivity index is 2.05. The fourth-order valence-corrected chi connectivity index (χ4v) is 3.29. The molecule has 0 aromatic carbocycles. The molecule has 0 fully saturated rings. The molecule has 0 saturated heterocycles. The van der Waals surface area contributed by atoms with Crippen molar-refractivity contribution in [3.63, 3.8) is 0 Å². The normalized spacial score (nSPS) is 18.2. The van der Waals surface area contributed by atoms with Crippen molar-refractivity contribution in [3.05, 3.63) is 35.8 Å². The lowest BCUT2D eigenvalue weighted by Gasteiger charge is -2.22. The van der Waals surface area contributed by atoms with Crippen molar-refractivity contribution >= 4 is 11.4 Å². The molecule has 134 valence electrons. The quantitative estimate of drug-likeness (QED) is 0.894. The molecule has 1 atom stereocenters. The van der Waals surface area contributed by atoms with Crippen LogP contribution >= 0.6 is 0 Å². The molecule has 2 heterocycles. The van der Waals surface area contributed by atoms with Crippen molar-refractivity contribution in [1.82, 2.24) is 19.7 Å². The summed E-state index contributed by atoms with van der Waals surface area (Å²) in [5.74, 6) is 0.479. The number of hydrogen-bond donors (Lipinski definition) is 1. The second-order valence-corrected chi connectivity index (χ2v) is 6.23. The first-order valence-electron chi connectivity index (χ1n) is 8.34. The number of alkyl halides is 3. The zero-order valence-corrected chi connectivity index (χ0v) is 13.9. The van der Waals surface area contributed by atoms with Crippen molar-refractivity contribution in [2.75, 3.05) is 5.73 Å². The van der Waals surface area contributed by atoms with Gasteiger partial charge in [-0.3, -0.25) is 0 Å². The highest BCUT2D eigenvalue weighted by molar-refractivity contribution is 5.76. The van der Waals surface area contributed by atoms with Gasteiger partial charge in [0.25, 0.3) is 5.95 Å². The summed E-state index contributed by atoms with van der Waals surface area (Å²) in [6, 6.07) is 1.58. The fraction of sp³-hybridized carbons (Fsp3) is 0.471. The molecule has 1 aliphatic rings. The zero-order valence-electron chi connectivity index (χ0n) is 13.9. The van der Waals surface area contributed by atoms with Gasteiger partial charge in [0.1, 0.15) is 5.82 Å². The Labute approximate surface area is 143 Å². The summed E-state index contributed by atoms with van der Waals surface area (Å²) in [5.41, 5.74) is 5.64. The maximum absolute atomic E-state index is 13.5. The number of rotatable bonds is 4. The van der Waals surface area contributed by atoms with E-state index in [9.17, 15) is 13.2 Å². The van der Waals surface area contributed by atoms with Crippen LogP contribution in [0.5, 0.6) is 0 Å². The van der Waals surface area contributed by atoms with Gasteiger partial charge in [-0.05, 0) is 36.8 Å². The molecule has 1 unspecified atom stereocenters. The molecule has 0 aliphatic heterocycles. The molecule has 1 aliphatic carbocycles. The molecule has 2 aromatic rings. The Morgan fingerprint density at radius 1 is 1.28 bits per heavy atom. The SMILES string of the molecule is CCCC1CC=C(c2c(C(F)(F)F)nn(-c3ncccn3)c2N)CC1. The van der Waals surface area contributed by atoms with E-state index < -0.39 is 11.9 Å². The predicted molar refractivity (Wildman–Crippen MR) is 88.8 cm³/mol. The lowest BCUT2D eigenvalue weighted by molar-refractivity contribution is -0.141. The highest BCUT2D eigenvalue weighted by Crippen LogP contribution is 2.42. The van der Waals surface area contributed by atoms with E-state index in [0.29, 0.717) is 17.9 Å². The van der Waals surface area contributed by atoms with Crippen LogP contribution in [-0.2, 0) is 6.18 Å². The minimum atomic E-state index is -4.59. The van der Waals surface area contributed by atoms with E-state index in [0.717, 1.165) is 30.4 Å². The number of aromatic nitrogens is 4. The highest BCUT2D eigenvalue weighted by atomic mass is 19.4. The van der Waals surface area contributed by atoms with Crippen LogP contribution in [0.15, 0.2) is 24.5 Å². The van der Waals surface area contributed by atoms with E-state index in [1.54, 1.807) is 6.07 Å². The molecule has 0 saturated carbocycles. The molecule has 8 heteroatoms. The summed E-state index contributed by atoms with van der Waals surface area (Å²) in [4.78, 5) is 7.90. The molecule has 0 amide bonds. The van der Waals surface area contributed by atoms with Crippen LogP contribution < -0.4 is 5.73 Å². The summed E-state index contributed by atoms with van der Waals surface area (Å²) in [6.45, 7) is 2.11. The molecule has 0 spiro atoms. The summed E-state index contributed by atoms with van der Waals surface area (Å²) < 4.78 is 41.5. The minimum absolute atomic E-state index is 0.0250. The lowest BCUT2D eigenvalue weighted by atomic mass is 9.84. The monoisotopic (exact) mass is 351 g/mol. The average molecular weight is 351 g/mol. The second kappa shape index (κ2) is 6.85. The minimum Gasteiger partial charge on any atom is -0.383 e.